The number of ether oxygens (including phenoxy) is 6. The molecule has 2 N–H and O–H groups in total. The van der Waals surface area contributed by atoms with Gasteiger partial charge in [-0.15, -0.1) is 0 Å². The van der Waals surface area contributed by atoms with Crippen LogP contribution in [0, 0.1) is 13.8 Å². The lowest BCUT2D eigenvalue weighted by Crippen LogP contribution is -2.18. The molecule has 4 aromatic carbocycles. The molecule has 0 unspecified atom stereocenters. The van der Waals surface area contributed by atoms with Gasteiger partial charge in [-0.1, -0.05) is 12.1 Å². The van der Waals surface area contributed by atoms with Gasteiger partial charge < -0.3 is 38.6 Å². The molecule has 0 atom stereocenters. The maximum Gasteiger partial charge on any atom is 0.205 e. The molecule has 0 saturated carbocycles. The summed E-state index contributed by atoms with van der Waals surface area (Å²) in [5.74, 6) is -2.27. The van der Waals surface area contributed by atoms with Crippen LogP contribution < -0.4 is 28.4 Å². The molecule has 4 aromatic rings. The Morgan fingerprint density at radius 1 is 0.532 bits per heavy atom. The lowest BCUT2D eigenvalue weighted by atomic mass is 9.86. The zero-order valence-electron chi connectivity index (χ0n) is 27.4. The van der Waals surface area contributed by atoms with Gasteiger partial charge in [0.05, 0.1) is 59.3 Å². The van der Waals surface area contributed by atoms with Gasteiger partial charge in [-0.25, -0.2) is 0 Å². The molecular formula is C36H36O11. The molecule has 0 radical (unpaired) electrons. The molecule has 0 fully saturated rings. The molecule has 0 spiro atoms. The Labute approximate surface area is 272 Å². The quantitative estimate of drug-likeness (QED) is 0.174. The van der Waals surface area contributed by atoms with E-state index in [4.69, 9.17) is 28.4 Å². The summed E-state index contributed by atoms with van der Waals surface area (Å²) in [6.45, 7) is 3.25. The Morgan fingerprint density at radius 3 is 1.32 bits per heavy atom. The number of methoxy groups -OCH3 is 6. The van der Waals surface area contributed by atoms with Crippen LogP contribution in [0.15, 0.2) is 48.5 Å². The fraction of sp³-hybridized carbons (Fsp3) is 0.250. The van der Waals surface area contributed by atoms with Gasteiger partial charge in [0.1, 0.15) is 57.1 Å². The summed E-state index contributed by atoms with van der Waals surface area (Å²) in [7, 11) is 8.22. The van der Waals surface area contributed by atoms with Crippen molar-refractivity contribution in [1.82, 2.24) is 0 Å². The minimum absolute atomic E-state index is 0.0114. The molecule has 11 heteroatoms. The molecular weight excluding hydrogens is 608 g/mol. The topological polar surface area (TPSA) is 147 Å². The summed E-state index contributed by atoms with van der Waals surface area (Å²) in [5, 5.41) is 22.4. The van der Waals surface area contributed by atoms with Crippen molar-refractivity contribution in [3.63, 3.8) is 0 Å². The van der Waals surface area contributed by atoms with Crippen molar-refractivity contribution in [3.05, 3.63) is 93.0 Å². The van der Waals surface area contributed by atoms with Gasteiger partial charge in [-0.3, -0.25) is 14.4 Å². The third-order valence-corrected chi connectivity index (χ3v) is 7.78. The number of phenolic OH excluding ortho intramolecular Hbond substituents is 2. The number of hydrogen-bond acceptors (Lipinski definition) is 11. The minimum Gasteiger partial charge on any atom is -0.507 e. The molecule has 11 nitrogen and oxygen atoms in total. The molecule has 0 aliphatic heterocycles. The van der Waals surface area contributed by atoms with E-state index >= 15 is 0 Å². The van der Waals surface area contributed by atoms with Crippen LogP contribution >= 0.6 is 0 Å². The zero-order valence-corrected chi connectivity index (χ0v) is 27.4. The first kappa shape index (κ1) is 34.2. The predicted molar refractivity (Wildman–Crippen MR) is 173 cm³/mol. The molecule has 0 aliphatic rings. The van der Waals surface area contributed by atoms with E-state index in [-0.39, 0.29) is 67.9 Å². The largest absolute Gasteiger partial charge is 0.507 e. The molecule has 0 bridgehead atoms. The van der Waals surface area contributed by atoms with E-state index in [9.17, 15) is 24.6 Å². The molecule has 0 amide bonds. The van der Waals surface area contributed by atoms with Crippen LogP contribution in [0.2, 0.25) is 0 Å². The van der Waals surface area contributed by atoms with Crippen molar-refractivity contribution in [1.29, 1.82) is 0 Å². The molecule has 246 valence electrons. The lowest BCUT2D eigenvalue weighted by Gasteiger charge is -2.21. The molecule has 0 aromatic heterocycles. The monoisotopic (exact) mass is 644 g/mol. The second-order valence-corrected chi connectivity index (χ2v) is 10.4. The maximum absolute atomic E-state index is 14.5. The first-order chi connectivity index (χ1) is 22.5. The summed E-state index contributed by atoms with van der Waals surface area (Å²) >= 11 is 0. The van der Waals surface area contributed by atoms with Crippen LogP contribution in [0.5, 0.6) is 46.0 Å². The van der Waals surface area contributed by atoms with E-state index in [1.54, 1.807) is 50.2 Å². The van der Waals surface area contributed by atoms with Gasteiger partial charge in [-0.05, 0) is 61.4 Å². The van der Waals surface area contributed by atoms with Crippen LogP contribution in [-0.4, -0.2) is 70.2 Å². The van der Waals surface area contributed by atoms with Gasteiger partial charge in [0.15, 0.2) is 5.78 Å². The Hall–Kier alpha value is -5.71. The molecule has 4 rings (SSSR count). The van der Waals surface area contributed by atoms with Crippen LogP contribution in [0.3, 0.4) is 0 Å². The minimum atomic E-state index is -0.771. The Morgan fingerprint density at radius 2 is 0.915 bits per heavy atom. The highest BCUT2D eigenvalue weighted by atomic mass is 16.5. The Bertz CT molecular complexity index is 1830. The smallest absolute Gasteiger partial charge is 0.205 e. The van der Waals surface area contributed by atoms with E-state index in [0.29, 0.717) is 11.1 Å². The summed E-state index contributed by atoms with van der Waals surface area (Å²) in [5.41, 5.74) is -0.0379. The third kappa shape index (κ3) is 6.11. The summed E-state index contributed by atoms with van der Waals surface area (Å²) in [4.78, 5) is 43.0. The second kappa shape index (κ2) is 14.2. The fourth-order valence-corrected chi connectivity index (χ4v) is 5.74. The van der Waals surface area contributed by atoms with Gasteiger partial charge in [0, 0.05) is 12.0 Å². The number of aromatic hydroxyl groups is 2. The van der Waals surface area contributed by atoms with E-state index in [0.717, 1.165) is 0 Å². The van der Waals surface area contributed by atoms with Gasteiger partial charge >= 0.3 is 0 Å². The molecule has 47 heavy (non-hydrogen) atoms. The number of carbonyl (C=O) groups excluding carboxylic acids is 3. The van der Waals surface area contributed by atoms with E-state index in [1.807, 2.05) is 0 Å². The highest BCUT2D eigenvalue weighted by Crippen LogP contribution is 2.42. The number of Topliss-reactive ketones (excluding diaryl/α,β-unsaturated/α-hetero) is 1. The van der Waals surface area contributed by atoms with Crippen LogP contribution in [0.1, 0.15) is 58.9 Å². The normalized spacial score (nSPS) is 10.6. The Kier molecular flexibility index (Phi) is 10.3. The van der Waals surface area contributed by atoms with Crippen molar-refractivity contribution >= 4 is 17.3 Å². The van der Waals surface area contributed by atoms with Crippen LogP contribution in [0.25, 0.3) is 0 Å². The van der Waals surface area contributed by atoms with Crippen molar-refractivity contribution in [2.24, 2.45) is 0 Å². The number of phenols is 2. The second-order valence-electron chi connectivity index (χ2n) is 10.4. The van der Waals surface area contributed by atoms with Crippen LogP contribution in [0.4, 0.5) is 0 Å². The fourth-order valence-electron chi connectivity index (χ4n) is 5.74. The maximum atomic E-state index is 14.5. The average molecular weight is 645 g/mol. The number of hydrogen-bond donors (Lipinski definition) is 2. The summed E-state index contributed by atoms with van der Waals surface area (Å²) in [6, 6.07) is 12.1. The summed E-state index contributed by atoms with van der Waals surface area (Å²) in [6.07, 6.45) is -0.556. The lowest BCUT2D eigenvalue weighted by molar-refractivity contribution is 0.0967. The number of ketones is 3. The third-order valence-electron chi connectivity index (χ3n) is 7.78. The average Bonchev–Trinajstić information content (AvgIpc) is 3.06. The summed E-state index contributed by atoms with van der Waals surface area (Å²) < 4.78 is 33.0. The first-order valence-electron chi connectivity index (χ1n) is 14.3. The standard InChI is InChI=1S/C36H36O11/c1-18-15-21(37)28(33(40)31-24(42-3)11-9-12-25(31)43-4)20(35(18)46-7)17-23(39)30-29(22(38)16-19(2)36(30)47-8)34(41)32-26(44-5)13-10-14-27(32)45-6/h9-16,37-38H,17H2,1-8H3. The molecule has 0 heterocycles. The van der Waals surface area contributed by atoms with Crippen molar-refractivity contribution < 1.29 is 53.0 Å². The van der Waals surface area contributed by atoms with Gasteiger partial charge in [-0.2, -0.15) is 0 Å². The Balaban J connectivity index is 2.00. The van der Waals surface area contributed by atoms with Gasteiger partial charge in [0.25, 0.3) is 0 Å². The number of carbonyl (C=O) groups is 3. The molecule has 0 saturated heterocycles. The van der Waals surface area contributed by atoms with Gasteiger partial charge in [0.2, 0.25) is 11.6 Å². The number of aryl methyl sites for hydroxylation is 2. The molecule has 0 aliphatic carbocycles. The van der Waals surface area contributed by atoms with Crippen LogP contribution in [-0.2, 0) is 6.42 Å². The van der Waals surface area contributed by atoms with Crippen molar-refractivity contribution in [2.45, 2.75) is 20.3 Å². The predicted octanol–water partition coefficient (Wildman–Crippen LogP) is 5.65. The van der Waals surface area contributed by atoms with E-state index in [2.05, 4.69) is 0 Å². The highest BCUT2D eigenvalue weighted by molar-refractivity contribution is 6.21. The van der Waals surface area contributed by atoms with Crippen molar-refractivity contribution in [3.8, 4) is 46.0 Å². The first-order valence-corrected chi connectivity index (χ1v) is 14.3. The van der Waals surface area contributed by atoms with E-state index < -0.39 is 35.3 Å². The van der Waals surface area contributed by atoms with Crippen molar-refractivity contribution in [2.75, 3.05) is 42.7 Å². The zero-order chi connectivity index (χ0) is 34.6. The number of benzene rings is 4. The SMILES string of the molecule is COc1cccc(OC)c1C(=O)c1c(O)cc(C)c(OC)c1CC(=O)c1c(OC)c(C)cc(O)c1C(=O)c1c(OC)cccc1OC. The highest BCUT2D eigenvalue weighted by Gasteiger charge is 2.34. The van der Waals surface area contributed by atoms with E-state index in [1.165, 1.54) is 54.8 Å². The number of rotatable bonds is 13.